The van der Waals surface area contributed by atoms with Crippen molar-refractivity contribution in [1.82, 2.24) is 19.3 Å². The molecule has 0 spiro atoms. The van der Waals surface area contributed by atoms with Crippen LogP contribution in [0.25, 0.3) is 11.0 Å². The van der Waals surface area contributed by atoms with Gasteiger partial charge in [0.25, 0.3) is 0 Å². The van der Waals surface area contributed by atoms with Crippen LogP contribution in [-0.4, -0.2) is 19.3 Å². The predicted octanol–water partition coefficient (Wildman–Crippen LogP) is 2.79. The van der Waals surface area contributed by atoms with Gasteiger partial charge in [-0.1, -0.05) is 12.1 Å². The fraction of sp³-hybridized carbons (Fsp3) is 0.231. The van der Waals surface area contributed by atoms with E-state index in [0.29, 0.717) is 0 Å². The number of fused-ring (bicyclic) bond motifs is 1. The molecule has 0 atom stereocenters. The SMILES string of the molecule is Cc1nn(C)cc1Cn1c(=S)[nH]c2ccccc21. The number of hydrogen-bond donors (Lipinski definition) is 1. The number of aromatic nitrogens is 4. The molecule has 0 aliphatic heterocycles. The first-order valence-corrected chi connectivity index (χ1v) is 6.22. The second kappa shape index (κ2) is 4.10. The van der Waals surface area contributed by atoms with Gasteiger partial charge in [-0.05, 0) is 31.3 Å². The third kappa shape index (κ3) is 1.76. The van der Waals surface area contributed by atoms with E-state index in [4.69, 9.17) is 12.2 Å². The molecule has 92 valence electrons. The van der Waals surface area contributed by atoms with Crippen molar-refractivity contribution in [2.75, 3.05) is 0 Å². The smallest absolute Gasteiger partial charge is 0.178 e. The number of aryl methyl sites for hydroxylation is 2. The second-order valence-corrected chi connectivity index (χ2v) is 4.83. The van der Waals surface area contributed by atoms with Gasteiger partial charge in [0.05, 0.1) is 23.3 Å². The zero-order valence-corrected chi connectivity index (χ0v) is 11.2. The lowest BCUT2D eigenvalue weighted by Crippen LogP contribution is -2.00. The minimum Gasteiger partial charge on any atom is -0.331 e. The minimum absolute atomic E-state index is 0.749. The van der Waals surface area contributed by atoms with E-state index in [0.717, 1.165) is 28.0 Å². The lowest BCUT2D eigenvalue weighted by molar-refractivity contribution is 0.755. The van der Waals surface area contributed by atoms with Crippen LogP contribution in [0.4, 0.5) is 0 Å². The van der Waals surface area contributed by atoms with Gasteiger partial charge >= 0.3 is 0 Å². The summed E-state index contributed by atoms with van der Waals surface area (Å²) < 4.78 is 4.69. The topological polar surface area (TPSA) is 38.5 Å². The molecule has 0 saturated heterocycles. The van der Waals surface area contributed by atoms with Crippen LogP contribution < -0.4 is 0 Å². The summed E-state index contributed by atoms with van der Waals surface area (Å²) >= 11 is 5.38. The van der Waals surface area contributed by atoms with Crippen molar-refractivity contribution < 1.29 is 0 Å². The highest BCUT2D eigenvalue weighted by Gasteiger charge is 2.08. The number of rotatable bonds is 2. The van der Waals surface area contributed by atoms with E-state index in [-0.39, 0.29) is 0 Å². The summed E-state index contributed by atoms with van der Waals surface area (Å²) in [6, 6.07) is 8.15. The molecule has 18 heavy (non-hydrogen) atoms. The van der Waals surface area contributed by atoms with Crippen molar-refractivity contribution in [1.29, 1.82) is 0 Å². The highest BCUT2D eigenvalue weighted by molar-refractivity contribution is 7.71. The first-order chi connectivity index (χ1) is 8.65. The van der Waals surface area contributed by atoms with Gasteiger partial charge in [-0.2, -0.15) is 5.10 Å². The third-order valence-corrected chi connectivity index (χ3v) is 3.45. The summed E-state index contributed by atoms with van der Waals surface area (Å²) in [4.78, 5) is 3.22. The van der Waals surface area contributed by atoms with Crippen LogP contribution in [0.15, 0.2) is 30.5 Å². The van der Waals surface area contributed by atoms with Crippen molar-refractivity contribution in [3.05, 3.63) is 46.5 Å². The van der Waals surface area contributed by atoms with Crippen molar-refractivity contribution in [3.8, 4) is 0 Å². The summed E-state index contributed by atoms with van der Waals surface area (Å²) in [7, 11) is 1.94. The Morgan fingerprint density at radius 1 is 1.33 bits per heavy atom. The molecule has 0 aliphatic carbocycles. The zero-order chi connectivity index (χ0) is 12.7. The molecule has 2 heterocycles. The Balaban J connectivity index is 2.12. The Hall–Kier alpha value is -1.88. The fourth-order valence-electron chi connectivity index (χ4n) is 2.24. The molecule has 2 aromatic heterocycles. The first kappa shape index (κ1) is 11.2. The van der Waals surface area contributed by atoms with Crippen molar-refractivity contribution in [3.63, 3.8) is 0 Å². The maximum atomic E-state index is 5.38. The van der Waals surface area contributed by atoms with Crippen molar-refractivity contribution in [2.24, 2.45) is 7.05 Å². The van der Waals surface area contributed by atoms with Gasteiger partial charge in [0, 0.05) is 18.8 Å². The molecule has 5 heteroatoms. The van der Waals surface area contributed by atoms with Crippen LogP contribution in [0.5, 0.6) is 0 Å². The van der Waals surface area contributed by atoms with Crippen LogP contribution >= 0.6 is 12.2 Å². The molecule has 1 N–H and O–H groups in total. The van der Waals surface area contributed by atoms with Crippen molar-refractivity contribution in [2.45, 2.75) is 13.5 Å². The normalized spacial score (nSPS) is 11.2. The molecule has 0 fully saturated rings. The molecule has 0 unspecified atom stereocenters. The van der Waals surface area contributed by atoms with Crippen LogP contribution in [0.3, 0.4) is 0 Å². The number of nitrogens with one attached hydrogen (secondary N) is 1. The highest BCUT2D eigenvalue weighted by Crippen LogP contribution is 2.16. The standard InChI is InChI=1S/C13H14N4S/c1-9-10(7-16(2)15-9)8-17-12-6-4-3-5-11(12)14-13(17)18/h3-7H,8H2,1-2H3,(H,14,18). The number of H-pyrrole nitrogens is 1. The lowest BCUT2D eigenvalue weighted by Gasteiger charge is -2.03. The molecular formula is C13H14N4S. The average molecular weight is 258 g/mol. The Kier molecular flexibility index (Phi) is 2.56. The Labute approximate surface area is 110 Å². The molecule has 0 bridgehead atoms. The summed E-state index contributed by atoms with van der Waals surface area (Å²) in [5.41, 5.74) is 4.44. The Morgan fingerprint density at radius 2 is 2.11 bits per heavy atom. The number of nitrogens with zero attached hydrogens (tertiary/aromatic N) is 3. The van der Waals surface area contributed by atoms with E-state index >= 15 is 0 Å². The number of benzene rings is 1. The van der Waals surface area contributed by atoms with E-state index in [1.165, 1.54) is 5.56 Å². The van der Waals surface area contributed by atoms with Crippen molar-refractivity contribution >= 4 is 23.3 Å². The number of para-hydroxylation sites is 2. The molecule has 0 radical (unpaired) electrons. The van der Waals surface area contributed by atoms with Gasteiger partial charge in [0.1, 0.15) is 0 Å². The van der Waals surface area contributed by atoms with E-state index in [2.05, 4.69) is 20.7 Å². The molecule has 0 amide bonds. The maximum Gasteiger partial charge on any atom is 0.178 e. The highest BCUT2D eigenvalue weighted by atomic mass is 32.1. The van der Waals surface area contributed by atoms with Gasteiger partial charge in [0.15, 0.2) is 4.77 Å². The van der Waals surface area contributed by atoms with E-state index in [1.54, 1.807) is 0 Å². The maximum absolute atomic E-state index is 5.38. The Bertz CT molecular complexity index is 763. The van der Waals surface area contributed by atoms with Crippen LogP contribution in [0, 0.1) is 11.7 Å². The van der Waals surface area contributed by atoms with Gasteiger partial charge in [0.2, 0.25) is 0 Å². The number of imidazole rings is 1. The molecule has 0 aliphatic rings. The molecular weight excluding hydrogens is 244 g/mol. The van der Waals surface area contributed by atoms with Gasteiger partial charge in [-0.25, -0.2) is 0 Å². The fourth-order valence-corrected chi connectivity index (χ4v) is 2.51. The average Bonchev–Trinajstić information content (AvgIpc) is 2.81. The predicted molar refractivity (Wildman–Crippen MR) is 74.2 cm³/mol. The van der Waals surface area contributed by atoms with Crippen LogP contribution in [-0.2, 0) is 13.6 Å². The zero-order valence-electron chi connectivity index (χ0n) is 10.3. The molecule has 0 saturated carbocycles. The van der Waals surface area contributed by atoms with E-state index in [9.17, 15) is 0 Å². The van der Waals surface area contributed by atoms with Gasteiger partial charge in [-0.15, -0.1) is 0 Å². The molecule has 4 nitrogen and oxygen atoms in total. The van der Waals surface area contributed by atoms with E-state index in [1.807, 2.05) is 43.0 Å². The molecule has 1 aromatic carbocycles. The van der Waals surface area contributed by atoms with E-state index < -0.39 is 0 Å². The Morgan fingerprint density at radius 3 is 2.83 bits per heavy atom. The lowest BCUT2D eigenvalue weighted by atomic mass is 10.2. The summed E-state index contributed by atoms with van der Waals surface area (Å²) in [5.74, 6) is 0. The summed E-state index contributed by atoms with van der Waals surface area (Å²) in [6.45, 7) is 2.77. The number of aromatic amines is 1. The second-order valence-electron chi connectivity index (χ2n) is 4.45. The molecule has 3 aromatic rings. The molecule has 3 rings (SSSR count). The summed E-state index contributed by atoms with van der Waals surface area (Å²) in [5, 5.41) is 4.36. The third-order valence-electron chi connectivity index (χ3n) is 3.13. The van der Waals surface area contributed by atoms with Gasteiger partial charge in [-0.3, -0.25) is 4.68 Å². The van der Waals surface area contributed by atoms with Gasteiger partial charge < -0.3 is 9.55 Å². The van der Waals surface area contributed by atoms with Crippen LogP contribution in [0.1, 0.15) is 11.3 Å². The monoisotopic (exact) mass is 258 g/mol. The minimum atomic E-state index is 0.749. The van der Waals surface area contributed by atoms with Crippen LogP contribution in [0.2, 0.25) is 0 Å². The number of hydrogen-bond acceptors (Lipinski definition) is 2. The largest absolute Gasteiger partial charge is 0.331 e. The first-order valence-electron chi connectivity index (χ1n) is 5.82. The quantitative estimate of drug-likeness (QED) is 0.718. The summed E-state index contributed by atoms with van der Waals surface area (Å²) in [6.07, 6.45) is 2.04.